The Morgan fingerprint density at radius 3 is 2.48 bits per heavy atom. The van der Waals surface area contributed by atoms with Crippen LogP contribution in [-0.2, 0) is 4.74 Å². The third kappa shape index (κ3) is 4.12. The number of nitrogens with zero attached hydrogens (tertiary/aromatic N) is 1. The van der Waals surface area contributed by atoms with Crippen molar-refractivity contribution < 1.29 is 23.8 Å². The van der Waals surface area contributed by atoms with Crippen LogP contribution in [0.4, 0.5) is 5.69 Å². The molecule has 27 heavy (non-hydrogen) atoms. The Bertz CT molecular complexity index is 1020. The van der Waals surface area contributed by atoms with Gasteiger partial charge in [0.25, 0.3) is 0 Å². The molecule has 0 radical (unpaired) electrons. The second-order valence-electron chi connectivity index (χ2n) is 5.83. The van der Waals surface area contributed by atoms with Crippen molar-refractivity contribution in [3.63, 3.8) is 0 Å². The zero-order chi connectivity index (χ0) is 19.4. The fourth-order valence-electron chi connectivity index (χ4n) is 2.52. The largest absolute Gasteiger partial charge is 0.478 e. The predicted octanol–water partition coefficient (Wildman–Crippen LogP) is 4.49. The fourth-order valence-corrected chi connectivity index (χ4v) is 2.52. The van der Waals surface area contributed by atoms with E-state index in [0.717, 1.165) is 0 Å². The monoisotopic (exact) mass is 363 g/mol. The molecule has 1 N–H and O–H groups in total. The minimum absolute atomic E-state index is 0.241. The number of carboxylic acids is 1. The highest BCUT2D eigenvalue weighted by Gasteiger charge is 2.11. The lowest BCUT2D eigenvalue weighted by Gasteiger charge is -2.03. The second kappa shape index (κ2) is 7.70. The molecule has 3 rings (SSSR count). The first-order valence-electron chi connectivity index (χ1n) is 8.14. The number of hydrogen-bond acceptors (Lipinski definition) is 5. The maximum Gasteiger partial charge on any atom is 0.337 e. The van der Waals surface area contributed by atoms with Crippen LogP contribution < -0.4 is 0 Å². The third-order valence-corrected chi connectivity index (χ3v) is 4.01. The van der Waals surface area contributed by atoms with Crippen LogP contribution in [0.1, 0.15) is 32.0 Å². The Hall–Kier alpha value is -3.67. The molecule has 0 unspecified atom stereocenters. The molecule has 1 aromatic heterocycles. The molecule has 0 amide bonds. The van der Waals surface area contributed by atoms with Crippen LogP contribution in [0.5, 0.6) is 0 Å². The average Bonchev–Trinajstić information content (AvgIpc) is 3.15. The Morgan fingerprint density at radius 2 is 1.81 bits per heavy atom. The summed E-state index contributed by atoms with van der Waals surface area (Å²) >= 11 is 0. The van der Waals surface area contributed by atoms with Crippen LogP contribution in [0.3, 0.4) is 0 Å². The lowest BCUT2D eigenvalue weighted by atomic mass is 10.0. The quantitative estimate of drug-likeness (QED) is 0.533. The van der Waals surface area contributed by atoms with Crippen molar-refractivity contribution in [3.05, 3.63) is 77.0 Å². The molecule has 0 aliphatic rings. The summed E-state index contributed by atoms with van der Waals surface area (Å²) in [6.07, 6.45) is 1.56. The summed E-state index contributed by atoms with van der Waals surface area (Å²) in [5.41, 5.74) is 2.72. The van der Waals surface area contributed by atoms with E-state index in [1.54, 1.807) is 61.7 Å². The van der Waals surface area contributed by atoms with Gasteiger partial charge in [-0.3, -0.25) is 4.99 Å². The van der Waals surface area contributed by atoms with Crippen molar-refractivity contribution in [2.24, 2.45) is 4.99 Å². The van der Waals surface area contributed by atoms with E-state index in [0.29, 0.717) is 33.9 Å². The summed E-state index contributed by atoms with van der Waals surface area (Å²) in [5.74, 6) is -0.294. The number of aryl methyl sites for hydroxylation is 1. The van der Waals surface area contributed by atoms with Gasteiger partial charge >= 0.3 is 11.9 Å². The topological polar surface area (TPSA) is 89.1 Å². The number of carbonyl (C=O) groups excluding carboxylic acids is 1. The highest BCUT2D eigenvalue weighted by Crippen LogP contribution is 2.24. The van der Waals surface area contributed by atoms with Gasteiger partial charge in [-0.05, 0) is 55.0 Å². The molecule has 0 aliphatic carbocycles. The van der Waals surface area contributed by atoms with Gasteiger partial charge in [-0.1, -0.05) is 12.1 Å². The second-order valence-corrected chi connectivity index (χ2v) is 5.83. The van der Waals surface area contributed by atoms with Gasteiger partial charge in [0.05, 0.1) is 30.1 Å². The van der Waals surface area contributed by atoms with E-state index in [-0.39, 0.29) is 5.56 Å². The number of hydrogen-bond donors (Lipinski definition) is 1. The van der Waals surface area contributed by atoms with Crippen molar-refractivity contribution in [2.75, 3.05) is 7.11 Å². The van der Waals surface area contributed by atoms with Crippen LogP contribution >= 0.6 is 0 Å². The number of rotatable bonds is 5. The number of benzene rings is 2. The highest BCUT2D eigenvalue weighted by atomic mass is 16.5. The molecular formula is C21H17NO5. The first kappa shape index (κ1) is 18.1. The molecule has 6 nitrogen and oxygen atoms in total. The molecule has 3 aromatic rings. The zero-order valence-corrected chi connectivity index (χ0v) is 14.8. The minimum atomic E-state index is -0.974. The number of carboxylic acid groups (broad SMARTS) is 1. The SMILES string of the molecule is COC(=O)c1ccc(N=Cc2ccc(-c3ccc(C)c(C(=O)O)c3)o2)cc1. The van der Waals surface area contributed by atoms with Gasteiger partial charge < -0.3 is 14.3 Å². The highest BCUT2D eigenvalue weighted by molar-refractivity contribution is 5.91. The first-order valence-corrected chi connectivity index (χ1v) is 8.14. The molecule has 0 bridgehead atoms. The van der Waals surface area contributed by atoms with Crippen molar-refractivity contribution in [1.29, 1.82) is 0 Å². The number of furan rings is 1. The Morgan fingerprint density at radius 1 is 1.07 bits per heavy atom. The molecule has 0 atom stereocenters. The van der Waals surface area contributed by atoms with Crippen LogP contribution in [-0.4, -0.2) is 30.4 Å². The summed E-state index contributed by atoms with van der Waals surface area (Å²) in [4.78, 5) is 27.0. The molecule has 2 aromatic carbocycles. The normalized spacial score (nSPS) is 10.9. The fraction of sp³-hybridized carbons (Fsp3) is 0.0952. The van der Waals surface area contributed by atoms with E-state index >= 15 is 0 Å². The minimum Gasteiger partial charge on any atom is -0.478 e. The van der Waals surface area contributed by atoms with Crippen LogP contribution in [0.15, 0.2) is 64.0 Å². The van der Waals surface area contributed by atoms with E-state index in [1.807, 2.05) is 6.07 Å². The summed E-state index contributed by atoms with van der Waals surface area (Å²) < 4.78 is 10.4. The van der Waals surface area contributed by atoms with E-state index < -0.39 is 11.9 Å². The Kier molecular flexibility index (Phi) is 5.17. The van der Waals surface area contributed by atoms with Gasteiger partial charge in [-0.15, -0.1) is 0 Å². The summed E-state index contributed by atoms with van der Waals surface area (Å²) in [6.45, 7) is 1.75. The van der Waals surface area contributed by atoms with Gasteiger partial charge in [0.15, 0.2) is 0 Å². The predicted molar refractivity (Wildman–Crippen MR) is 101 cm³/mol. The van der Waals surface area contributed by atoms with Gasteiger partial charge in [0, 0.05) is 5.56 Å². The lowest BCUT2D eigenvalue weighted by Crippen LogP contribution is -1.99. The molecule has 0 spiro atoms. The summed E-state index contributed by atoms with van der Waals surface area (Å²) in [6, 6.07) is 15.3. The van der Waals surface area contributed by atoms with Crippen LogP contribution in [0.2, 0.25) is 0 Å². The first-order chi connectivity index (χ1) is 13.0. The van der Waals surface area contributed by atoms with E-state index in [2.05, 4.69) is 9.73 Å². The molecule has 6 heteroatoms. The van der Waals surface area contributed by atoms with Crippen molar-refractivity contribution in [3.8, 4) is 11.3 Å². The van der Waals surface area contributed by atoms with Gasteiger partial charge in [-0.25, -0.2) is 9.59 Å². The number of esters is 1. The Labute approximate surface area is 155 Å². The number of methoxy groups -OCH3 is 1. The third-order valence-electron chi connectivity index (χ3n) is 4.01. The van der Waals surface area contributed by atoms with E-state index in [9.17, 15) is 14.7 Å². The molecule has 0 aliphatic heterocycles. The van der Waals surface area contributed by atoms with Crippen LogP contribution in [0, 0.1) is 6.92 Å². The molecule has 0 fully saturated rings. The average molecular weight is 363 g/mol. The van der Waals surface area contributed by atoms with Crippen molar-refractivity contribution in [2.45, 2.75) is 6.92 Å². The number of ether oxygens (including phenoxy) is 1. The standard InChI is InChI=1S/C21H17NO5/c1-13-3-4-15(11-18(13)20(23)24)19-10-9-17(27-19)12-22-16-7-5-14(6-8-16)21(25)26-2/h3-12H,1-2H3,(H,23,24). The van der Waals surface area contributed by atoms with Gasteiger partial charge in [-0.2, -0.15) is 0 Å². The summed E-state index contributed by atoms with van der Waals surface area (Å²) in [7, 11) is 1.33. The van der Waals surface area contributed by atoms with Gasteiger partial charge in [0.1, 0.15) is 11.5 Å². The molecule has 136 valence electrons. The van der Waals surface area contributed by atoms with Crippen LogP contribution in [0.25, 0.3) is 11.3 Å². The molecule has 1 heterocycles. The lowest BCUT2D eigenvalue weighted by molar-refractivity contribution is 0.0600. The number of aliphatic imine (C=N–C) groups is 1. The summed E-state index contributed by atoms with van der Waals surface area (Å²) in [5, 5.41) is 9.24. The number of carbonyl (C=O) groups is 2. The maximum absolute atomic E-state index is 11.4. The molecule has 0 saturated heterocycles. The van der Waals surface area contributed by atoms with E-state index in [4.69, 9.17) is 4.42 Å². The Balaban J connectivity index is 1.78. The smallest absolute Gasteiger partial charge is 0.337 e. The van der Waals surface area contributed by atoms with Crippen molar-refractivity contribution >= 4 is 23.8 Å². The molecular weight excluding hydrogens is 346 g/mol. The zero-order valence-electron chi connectivity index (χ0n) is 14.8. The maximum atomic E-state index is 11.4. The van der Waals surface area contributed by atoms with Gasteiger partial charge in [0.2, 0.25) is 0 Å². The number of aromatic carboxylic acids is 1. The van der Waals surface area contributed by atoms with E-state index in [1.165, 1.54) is 7.11 Å². The molecule has 0 saturated carbocycles. The van der Waals surface area contributed by atoms with Crippen molar-refractivity contribution in [1.82, 2.24) is 0 Å².